The predicted molar refractivity (Wildman–Crippen MR) is 149 cm³/mol. The van der Waals surface area contributed by atoms with E-state index in [0.29, 0.717) is 11.9 Å². The summed E-state index contributed by atoms with van der Waals surface area (Å²) in [5, 5.41) is 23.0. The molecule has 2 aromatic carbocycles. The molecule has 0 saturated carbocycles. The fourth-order valence-corrected chi connectivity index (χ4v) is 4.65. The predicted octanol–water partition coefficient (Wildman–Crippen LogP) is 0.165. The molecule has 11 nitrogen and oxygen atoms in total. The topological polar surface area (TPSA) is 176 Å². The first-order valence-corrected chi connectivity index (χ1v) is 13.3. The average Bonchev–Trinajstić information content (AvgIpc) is 3.50. The van der Waals surface area contributed by atoms with Gasteiger partial charge in [0.05, 0.1) is 30.1 Å². The second-order valence-electron chi connectivity index (χ2n) is 9.85. The van der Waals surface area contributed by atoms with E-state index in [2.05, 4.69) is 26.3 Å². The third-order valence-electron chi connectivity index (χ3n) is 6.81. The Morgan fingerprint density at radius 2 is 1.75 bits per heavy atom. The first-order chi connectivity index (χ1) is 19.3. The summed E-state index contributed by atoms with van der Waals surface area (Å²) < 4.78 is 0. The van der Waals surface area contributed by atoms with Crippen LogP contribution in [0.25, 0.3) is 10.9 Å². The Kier molecular flexibility index (Phi) is 9.76. The van der Waals surface area contributed by atoms with E-state index in [4.69, 9.17) is 5.73 Å². The molecule has 1 aliphatic rings. The molecule has 4 rings (SSSR count). The fourth-order valence-electron chi connectivity index (χ4n) is 4.65. The molecule has 0 aliphatic carbocycles. The number of benzene rings is 2. The molecule has 210 valence electrons. The monoisotopic (exact) mass is 546 g/mol. The van der Waals surface area contributed by atoms with Gasteiger partial charge < -0.3 is 32.1 Å². The molecular formula is C29H34N6O5. The van der Waals surface area contributed by atoms with Gasteiger partial charge in [-0.2, -0.15) is 0 Å². The number of amides is 4. The molecule has 1 fully saturated rings. The molecular weight excluding hydrogens is 512 g/mol. The third-order valence-corrected chi connectivity index (χ3v) is 6.81. The van der Waals surface area contributed by atoms with Crippen molar-refractivity contribution in [3.8, 4) is 0 Å². The van der Waals surface area contributed by atoms with Crippen LogP contribution < -0.4 is 27.0 Å². The van der Waals surface area contributed by atoms with Crippen LogP contribution in [0.15, 0.2) is 66.7 Å². The van der Waals surface area contributed by atoms with Gasteiger partial charge in [0.1, 0.15) is 11.7 Å². The SMILES string of the molecule is NC(=O)C[C@H](NC(=O)c1ccc2ccccc2n1)C(=O)N[C@@H](Cc1ccccc1)[C@H](O)CNC(=O)[C@@H]1CCCN1. The molecule has 7 N–H and O–H groups in total. The van der Waals surface area contributed by atoms with E-state index < -0.39 is 42.3 Å². The maximum atomic E-state index is 13.3. The lowest BCUT2D eigenvalue weighted by Gasteiger charge is -2.27. The number of rotatable bonds is 12. The van der Waals surface area contributed by atoms with Crippen molar-refractivity contribution in [3.05, 3.63) is 78.0 Å². The Labute approximate surface area is 231 Å². The van der Waals surface area contributed by atoms with Crippen LogP contribution in [0.4, 0.5) is 0 Å². The van der Waals surface area contributed by atoms with Gasteiger partial charge in [0.25, 0.3) is 5.91 Å². The van der Waals surface area contributed by atoms with Gasteiger partial charge >= 0.3 is 0 Å². The van der Waals surface area contributed by atoms with Crippen LogP contribution >= 0.6 is 0 Å². The molecule has 0 radical (unpaired) electrons. The number of hydrogen-bond donors (Lipinski definition) is 6. The number of primary amides is 1. The molecule has 3 aromatic rings. The molecule has 0 unspecified atom stereocenters. The molecule has 1 saturated heterocycles. The zero-order valence-electron chi connectivity index (χ0n) is 22.0. The number of carbonyl (C=O) groups is 4. The normalized spacial score (nSPS) is 17.0. The summed E-state index contributed by atoms with van der Waals surface area (Å²) >= 11 is 0. The highest BCUT2D eigenvalue weighted by atomic mass is 16.3. The lowest BCUT2D eigenvalue weighted by molar-refractivity contribution is -0.128. The standard InChI is InChI=1S/C29H34N6O5/c30-26(37)16-24(35-28(39)22-13-12-19-9-4-5-10-20(19)33-22)29(40)34-23(15-18-7-2-1-3-8-18)25(36)17-32-27(38)21-11-6-14-31-21/h1-5,7-10,12-13,21,23-25,31,36H,6,11,14-17H2,(H2,30,37)(H,32,38)(H,34,40)(H,35,39)/t21-,23-,24-,25+/m0/s1. The van der Waals surface area contributed by atoms with Gasteiger partial charge in [-0.25, -0.2) is 4.98 Å². The highest BCUT2D eigenvalue weighted by molar-refractivity contribution is 5.99. The number of pyridine rings is 1. The number of nitrogens with two attached hydrogens (primary N) is 1. The zero-order valence-corrected chi connectivity index (χ0v) is 22.0. The molecule has 0 spiro atoms. The number of aromatic nitrogens is 1. The van der Waals surface area contributed by atoms with Crippen LogP contribution in [-0.2, 0) is 20.8 Å². The zero-order chi connectivity index (χ0) is 28.5. The molecule has 2 heterocycles. The minimum Gasteiger partial charge on any atom is -0.389 e. The highest BCUT2D eigenvalue weighted by Crippen LogP contribution is 2.13. The largest absolute Gasteiger partial charge is 0.389 e. The molecule has 1 aliphatic heterocycles. The molecule has 40 heavy (non-hydrogen) atoms. The molecule has 4 amide bonds. The van der Waals surface area contributed by atoms with Crippen LogP contribution in [0, 0.1) is 0 Å². The second kappa shape index (κ2) is 13.6. The van der Waals surface area contributed by atoms with E-state index in [9.17, 15) is 24.3 Å². The highest BCUT2D eigenvalue weighted by Gasteiger charge is 2.30. The maximum absolute atomic E-state index is 13.3. The van der Waals surface area contributed by atoms with Crippen molar-refractivity contribution in [1.82, 2.24) is 26.3 Å². The van der Waals surface area contributed by atoms with Gasteiger partial charge in [-0.05, 0) is 43.5 Å². The summed E-state index contributed by atoms with van der Waals surface area (Å²) in [5.41, 5.74) is 6.90. The summed E-state index contributed by atoms with van der Waals surface area (Å²) in [6.07, 6.45) is 0.251. The van der Waals surface area contributed by atoms with E-state index in [0.717, 1.165) is 23.9 Å². The number of aliphatic hydroxyl groups excluding tert-OH is 1. The molecule has 1 aromatic heterocycles. The van der Waals surface area contributed by atoms with Crippen LogP contribution in [0.5, 0.6) is 0 Å². The minimum atomic E-state index is -1.30. The summed E-state index contributed by atoms with van der Waals surface area (Å²) in [6, 6.07) is 17.3. The van der Waals surface area contributed by atoms with Crippen LogP contribution in [0.3, 0.4) is 0 Å². The number of aliphatic hydroxyl groups is 1. The van der Waals surface area contributed by atoms with Gasteiger partial charge in [0, 0.05) is 11.9 Å². The van der Waals surface area contributed by atoms with Gasteiger partial charge in [-0.15, -0.1) is 0 Å². The van der Waals surface area contributed by atoms with E-state index >= 15 is 0 Å². The molecule has 4 atom stereocenters. The van der Waals surface area contributed by atoms with Crippen molar-refractivity contribution in [1.29, 1.82) is 0 Å². The summed E-state index contributed by atoms with van der Waals surface area (Å²) in [7, 11) is 0. The Morgan fingerprint density at radius 1 is 1.00 bits per heavy atom. The summed E-state index contributed by atoms with van der Waals surface area (Å²) in [4.78, 5) is 54.9. The van der Waals surface area contributed by atoms with E-state index in [1.807, 2.05) is 42.5 Å². The first kappa shape index (κ1) is 28.7. The number of fused-ring (bicyclic) bond motifs is 1. The van der Waals surface area contributed by atoms with Crippen LogP contribution in [0.2, 0.25) is 0 Å². The minimum absolute atomic E-state index is 0.0741. The van der Waals surface area contributed by atoms with Crippen LogP contribution in [-0.4, -0.2) is 71.0 Å². The maximum Gasteiger partial charge on any atom is 0.270 e. The Hall–Kier alpha value is -4.35. The van der Waals surface area contributed by atoms with E-state index in [1.54, 1.807) is 18.2 Å². The van der Waals surface area contributed by atoms with Gasteiger partial charge in [0.15, 0.2) is 0 Å². The van der Waals surface area contributed by atoms with Gasteiger partial charge in [0.2, 0.25) is 17.7 Å². The fraction of sp³-hybridized carbons (Fsp3) is 0.345. The lowest BCUT2D eigenvalue weighted by atomic mass is 10.00. The number of para-hydroxylation sites is 1. The van der Waals surface area contributed by atoms with E-state index in [-0.39, 0.29) is 30.6 Å². The third kappa shape index (κ3) is 7.84. The average molecular weight is 547 g/mol. The van der Waals surface area contributed by atoms with Gasteiger partial charge in [-0.3, -0.25) is 19.2 Å². The van der Waals surface area contributed by atoms with Crippen molar-refractivity contribution in [3.63, 3.8) is 0 Å². The van der Waals surface area contributed by atoms with Crippen molar-refractivity contribution in [2.75, 3.05) is 13.1 Å². The number of nitrogens with zero attached hydrogens (tertiary/aromatic N) is 1. The number of hydrogen-bond acceptors (Lipinski definition) is 7. The Morgan fingerprint density at radius 3 is 2.48 bits per heavy atom. The number of nitrogens with one attached hydrogen (secondary N) is 4. The quantitative estimate of drug-likeness (QED) is 0.188. The first-order valence-electron chi connectivity index (χ1n) is 13.3. The van der Waals surface area contributed by atoms with E-state index in [1.165, 1.54) is 6.07 Å². The second-order valence-corrected chi connectivity index (χ2v) is 9.85. The summed E-state index contributed by atoms with van der Waals surface area (Å²) in [5.74, 6) is -2.35. The smallest absolute Gasteiger partial charge is 0.270 e. The molecule has 0 bridgehead atoms. The molecule has 11 heteroatoms. The van der Waals surface area contributed by atoms with Crippen molar-refractivity contribution in [2.45, 2.75) is 49.9 Å². The number of carbonyl (C=O) groups excluding carboxylic acids is 4. The Bertz CT molecular complexity index is 1350. The summed E-state index contributed by atoms with van der Waals surface area (Å²) in [6.45, 7) is 0.664. The van der Waals surface area contributed by atoms with Crippen molar-refractivity contribution >= 4 is 34.5 Å². The van der Waals surface area contributed by atoms with Gasteiger partial charge in [-0.1, -0.05) is 54.6 Å². The van der Waals surface area contributed by atoms with Crippen LogP contribution in [0.1, 0.15) is 35.3 Å². The van der Waals surface area contributed by atoms with Crippen molar-refractivity contribution < 1.29 is 24.3 Å². The Balaban J connectivity index is 1.46. The van der Waals surface area contributed by atoms with Crippen molar-refractivity contribution in [2.24, 2.45) is 5.73 Å². The lowest BCUT2D eigenvalue weighted by Crippen LogP contribution is -2.56.